The van der Waals surface area contributed by atoms with Gasteiger partial charge in [-0.05, 0) is 42.0 Å². The highest BCUT2D eigenvalue weighted by Crippen LogP contribution is 2.30. The van der Waals surface area contributed by atoms with Gasteiger partial charge in [0, 0.05) is 17.8 Å². The molecule has 0 aliphatic carbocycles. The van der Waals surface area contributed by atoms with E-state index in [1.54, 1.807) is 0 Å². The van der Waals surface area contributed by atoms with Crippen LogP contribution in [0.1, 0.15) is 28.3 Å². The first-order chi connectivity index (χ1) is 10.2. The van der Waals surface area contributed by atoms with E-state index in [2.05, 4.69) is 60.7 Å². The lowest BCUT2D eigenvalue weighted by atomic mass is 9.92. The van der Waals surface area contributed by atoms with E-state index in [4.69, 9.17) is 5.84 Å². The first kappa shape index (κ1) is 13.7. The minimum absolute atomic E-state index is 0.0431. The van der Waals surface area contributed by atoms with Crippen LogP contribution >= 0.6 is 0 Å². The van der Waals surface area contributed by atoms with Gasteiger partial charge >= 0.3 is 0 Å². The molecule has 0 aliphatic rings. The molecule has 3 aromatic rings. The van der Waals surface area contributed by atoms with E-state index in [1.807, 2.05) is 18.5 Å². The maximum Gasteiger partial charge on any atom is 0.0719 e. The highest BCUT2D eigenvalue weighted by Gasteiger charge is 2.17. The highest BCUT2D eigenvalue weighted by molar-refractivity contribution is 5.85. The second-order valence-electron chi connectivity index (χ2n) is 5.40. The molecule has 2 aromatic carbocycles. The van der Waals surface area contributed by atoms with E-state index in [9.17, 15) is 0 Å². The molecule has 0 fully saturated rings. The molecule has 3 nitrogen and oxygen atoms in total. The predicted molar refractivity (Wildman–Crippen MR) is 86.8 cm³/mol. The molecule has 0 saturated carbocycles. The van der Waals surface area contributed by atoms with Crippen molar-refractivity contribution < 1.29 is 0 Å². The number of aryl methyl sites for hydroxylation is 2. The van der Waals surface area contributed by atoms with Crippen LogP contribution in [-0.4, -0.2) is 4.98 Å². The van der Waals surface area contributed by atoms with Crippen molar-refractivity contribution in [3.63, 3.8) is 0 Å². The third-order valence-electron chi connectivity index (χ3n) is 3.93. The maximum absolute atomic E-state index is 5.86. The van der Waals surface area contributed by atoms with Gasteiger partial charge in [0.15, 0.2) is 0 Å². The van der Waals surface area contributed by atoms with Gasteiger partial charge in [0.2, 0.25) is 0 Å². The molecule has 0 aliphatic heterocycles. The Morgan fingerprint density at radius 1 is 1.05 bits per heavy atom. The molecule has 3 heteroatoms. The second-order valence-corrected chi connectivity index (χ2v) is 5.40. The lowest BCUT2D eigenvalue weighted by Gasteiger charge is -2.21. The number of benzene rings is 2. The Labute approximate surface area is 124 Å². The molecular weight excluding hydrogens is 258 g/mol. The van der Waals surface area contributed by atoms with E-state index in [0.29, 0.717) is 0 Å². The van der Waals surface area contributed by atoms with Crippen LogP contribution in [0.5, 0.6) is 0 Å². The number of fused-ring (bicyclic) bond motifs is 1. The molecule has 21 heavy (non-hydrogen) atoms. The average Bonchev–Trinajstić information content (AvgIpc) is 2.50. The average molecular weight is 277 g/mol. The molecule has 1 heterocycles. The quantitative estimate of drug-likeness (QED) is 0.570. The summed E-state index contributed by atoms with van der Waals surface area (Å²) in [6, 6.07) is 14.7. The monoisotopic (exact) mass is 277 g/mol. The summed E-state index contributed by atoms with van der Waals surface area (Å²) < 4.78 is 0. The minimum atomic E-state index is -0.0431. The standard InChI is InChI=1S/C18H19N3/c1-12-6-7-15(13(2)10-12)18(21-19)16-5-3-4-14-8-9-20-11-17(14)16/h3-11,18,21H,19H2,1-2H3. The van der Waals surface area contributed by atoms with Gasteiger partial charge < -0.3 is 0 Å². The Morgan fingerprint density at radius 2 is 1.90 bits per heavy atom. The Bertz CT molecular complexity index is 775. The van der Waals surface area contributed by atoms with Gasteiger partial charge in [-0.2, -0.15) is 0 Å². The third-order valence-corrected chi connectivity index (χ3v) is 3.93. The number of rotatable bonds is 3. The van der Waals surface area contributed by atoms with Crippen LogP contribution in [0.2, 0.25) is 0 Å². The van der Waals surface area contributed by atoms with Crippen LogP contribution in [0.4, 0.5) is 0 Å². The number of hydrogen-bond acceptors (Lipinski definition) is 3. The molecule has 106 valence electrons. The molecule has 0 spiro atoms. The fourth-order valence-electron chi connectivity index (χ4n) is 2.89. The summed E-state index contributed by atoms with van der Waals surface area (Å²) in [7, 11) is 0. The van der Waals surface area contributed by atoms with Crippen molar-refractivity contribution >= 4 is 10.8 Å². The zero-order chi connectivity index (χ0) is 14.8. The van der Waals surface area contributed by atoms with E-state index in [-0.39, 0.29) is 6.04 Å². The number of aromatic nitrogens is 1. The topological polar surface area (TPSA) is 50.9 Å². The first-order valence-electron chi connectivity index (χ1n) is 7.06. The van der Waals surface area contributed by atoms with Crippen molar-refractivity contribution in [2.45, 2.75) is 19.9 Å². The number of nitrogens with two attached hydrogens (primary N) is 1. The third kappa shape index (κ3) is 2.53. The second kappa shape index (κ2) is 5.64. The largest absolute Gasteiger partial charge is 0.271 e. The van der Waals surface area contributed by atoms with Crippen molar-refractivity contribution in [1.82, 2.24) is 10.4 Å². The molecule has 0 amide bonds. The van der Waals surface area contributed by atoms with E-state index in [1.165, 1.54) is 22.1 Å². The Balaban J connectivity index is 2.18. The minimum Gasteiger partial charge on any atom is -0.271 e. The molecular formula is C18H19N3. The van der Waals surface area contributed by atoms with Gasteiger partial charge in [-0.25, -0.2) is 5.43 Å². The lowest BCUT2D eigenvalue weighted by molar-refractivity contribution is 0.637. The molecule has 1 aromatic heterocycles. The van der Waals surface area contributed by atoms with Crippen LogP contribution in [-0.2, 0) is 0 Å². The van der Waals surface area contributed by atoms with Gasteiger partial charge in [0.1, 0.15) is 0 Å². The maximum atomic E-state index is 5.86. The van der Waals surface area contributed by atoms with Gasteiger partial charge in [-0.15, -0.1) is 0 Å². The van der Waals surface area contributed by atoms with E-state index in [0.717, 1.165) is 10.9 Å². The van der Waals surface area contributed by atoms with Crippen LogP contribution in [0.3, 0.4) is 0 Å². The molecule has 0 saturated heterocycles. The van der Waals surface area contributed by atoms with Gasteiger partial charge in [-0.1, -0.05) is 42.0 Å². The number of hydrazine groups is 1. The molecule has 0 radical (unpaired) electrons. The van der Waals surface area contributed by atoms with Crippen molar-refractivity contribution in [3.8, 4) is 0 Å². The summed E-state index contributed by atoms with van der Waals surface area (Å²) in [5.41, 5.74) is 7.79. The summed E-state index contributed by atoms with van der Waals surface area (Å²) in [4.78, 5) is 4.25. The Kier molecular flexibility index (Phi) is 3.69. The summed E-state index contributed by atoms with van der Waals surface area (Å²) in [6.45, 7) is 4.22. The number of nitrogens with zero attached hydrogens (tertiary/aromatic N) is 1. The van der Waals surface area contributed by atoms with Gasteiger partial charge in [0.05, 0.1) is 6.04 Å². The fourth-order valence-corrected chi connectivity index (χ4v) is 2.89. The smallest absolute Gasteiger partial charge is 0.0719 e. The Morgan fingerprint density at radius 3 is 2.67 bits per heavy atom. The van der Waals surface area contributed by atoms with Crippen LogP contribution < -0.4 is 11.3 Å². The zero-order valence-electron chi connectivity index (χ0n) is 12.3. The Hall–Kier alpha value is -2.23. The van der Waals surface area contributed by atoms with Gasteiger partial charge in [-0.3, -0.25) is 10.8 Å². The van der Waals surface area contributed by atoms with Gasteiger partial charge in [0.25, 0.3) is 0 Å². The number of hydrogen-bond donors (Lipinski definition) is 2. The SMILES string of the molecule is Cc1ccc(C(NN)c2cccc3ccncc23)c(C)c1. The van der Waals surface area contributed by atoms with Crippen LogP contribution in [0.15, 0.2) is 54.9 Å². The van der Waals surface area contributed by atoms with Crippen molar-refractivity contribution in [3.05, 3.63) is 77.1 Å². The van der Waals surface area contributed by atoms with Crippen molar-refractivity contribution in [2.75, 3.05) is 0 Å². The zero-order valence-corrected chi connectivity index (χ0v) is 12.3. The molecule has 0 bridgehead atoms. The predicted octanol–water partition coefficient (Wildman–Crippen LogP) is 3.40. The summed E-state index contributed by atoms with van der Waals surface area (Å²) >= 11 is 0. The summed E-state index contributed by atoms with van der Waals surface area (Å²) in [6.07, 6.45) is 3.71. The molecule has 1 atom stereocenters. The lowest BCUT2D eigenvalue weighted by Crippen LogP contribution is -2.29. The van der Waals surface area contributed by atoms with Crippen LogP contribution in [0.25, 0.3) is 10.8 Å². The summed E-state index contributed by atoms with van der Waals surface area (Å²) in [5, 5.41) is 2.30. The first-order valence-corrected chi connectivity index (χ1v) is 7.06. The molecule has 3 rings (SSSR count). The molecule has 1 unspecified atom stereocenters. The highest BCUT2D eigenvalue weighted by atomic mass is 15.2. The van der Waals surface area contributed by atoms with E-state index >= 15 is 0 Å². The fraction of sp³-hybridized carbons (Fsp3) is 0.167. The number of nitrogens with one attached hydrogen (secondary N) is 1. The van der Waals surface area contributed by atoms with Crippen molar-refractivity contribution in [1.29, 1.82) is 0 Å². The van der Waals surface area contributed by atoms with Crippen molar-refractivity contribution in [2.24, 2.45) is 5.84 Å². The summed E-state index contributed by atoms with van der Waals surface area (Å²) in [5.74, 6) is 5.86. The van der Waals surface area contributed by atoms with E-state index < -0.39 is 0 Å². The number of pyridine rings is 1. The normalized spacial score (nSPS) is 12.5. The van der Waals surface area contributed by atoms with Crippen LogP contribution in [0, 0.1) is 13.8 Å². The molecule has 3 N–H and O–H groups in total.